The van der Waals surface area contributed by atoms with Gasteiger partial charge in [-0.1, -0.05) is 12.1 Å². The second kappa shape index (κ2) is 10.3. The minimum Gasteiger partial charge on any atom is -0.493 e. The molecule has 1 aromatic carbocycles. The van der Waals surface area contributed by atoms with E-state index in [-0.39, 0.29) is 17.9 Å². The molecule has 1 N–H and O–H groups in total. The Bertz CT molecular complexity index is 814. The lowest BCUT2D eigenvalue weighted by molar-refractivity contribution is -0.132. The maximum absolute atomic E-state index is 12.6. The van der Waals surface area contributed by atoms with Gasteiger partial charge in [-0.25, -0.2) is 0 Å². The molecule has 1 aliphatic rings. The van der Waals surface area contributed by atoms with Crippen LogP contribution in [0.15, 0.2) is 35.7 Å². The Morgan fingerprint density at radius 1 is 1.14 bits per heavy atom. The second-order valence-corrected chi connectivity index (χ2v) is 8.20. The van der Waals surface area contributed by atoms with Gasteiger partial charge in [0.1, 0.15) is 0 Å². The lowest BCUT2D eigenvalue weighted by atomic mass is 10.0. The molecule has 29 heavy (non-hydrogen) atoms. The second-order valence-electron chi connectivity index (χ2n) is 7.17. The third kappa shape index (κ3) is 5.97. The molecule has 0 unspecified atom stereocenters. The van der Waals surface area contributed by atoms with E-state index in [0.29, 0.717) is 43.9 Å². The normalized spacial score (nSPS) is 14.5. The van der Waals surface area contributed by atoms with Crippen molar-refractivity contribution in [3.63, 3.8) is 0 Å². The summed E-state index contributed by atoms with van der Waals surface area (Å²) in [6.45, 7) is 1.38. The Kier molecular flexibility index (Phi) is 7.52. The van der Waals surface area contributed by atoms with Crippen molar-refractivity contribution in [1.29, 1.82) is 0 Å². The van der Waals surface area contributed by atoms with Crippen molar-refractivity contribution in [3.05, 3.63) is 46.2 Å². The molecule has 0 aliphatic carbocycles. The molecule has 2 aromatic rings. The average molecular weight is 417 g/mol. The Morgan fingerprint density at radius 2 is 1.90 bits per heavy atom. The highest BCUT2D eigenvalue weighted by atomic mass is 32.1. The number of ether oxygens (including phenoxy) is 2. The molecule has 0 saturated carbocycles. The SMILES string of the molecule is COc1ccc(CCC(=O)N2CCC(NC(=O)Cc3cccs3)CC2)cc1OC. The van der Waals surface area contributed by atoms with Crippen LogP contribution in [0.4, 0.5) is 0 Å². The summed E-state index contributed by atoms with van der Waals surface area (Å²) >= 11 is 1.60. The Labute approximate surface area is 175 Å². The van der Waals surface area contributed by atoms with Crippen molar-refractivity contribution < 1.29 is 19.1 Å². The molecule has 1 aliphatic heterocycles. The van der Waals surface area contributed by atoms with Crippen LogP contribution in [0.25, 0.3) is 0 Å². The molecule has 0 radical (unpaired) electrons. The predicted octanol–water partition coefficient (Wildman–Crippen LogP) is 3.05. The maximum Gasteiger partial charge on any atom is 0.225 e. The van der Waals surface area contributed by atoms with Gasteiger partial charge in [-0.3, -0.25) is 9.59 Å². The van der Waals surface area contributed by atoms with E-state index in [1.54, 1.807) is 25.6 Å². The molecule has 1 saturated heterocycles. The number of rotatable bonds is 8. The summed E-state index contributed by atoms with van der Waals surface area (Å²) in [7, 11) is 3.21. The Morgan fingerprint density at radius 3 is 2.55 bits per heavy atom. The van der Waals surface area contributed by atoms with Crippen LogP contribution in [0.2, 0.25) is 0 Å². The molecule has 0 bridgehead atoms. The largest absolute Gasteiger partial charge is 0.493 e. The van der Waals surface area contributed by atoms with Gasteiger partial charge in [0.25, 0.3) is 0 Å². The van der Waals surface area contributed by atoms with E-state index in [9.17, 15) is 9.59 Å². The number of amides is 2. The molecule has 0 spiro atoms. The first-order valence-corrected chi connectivity index (χ1v) is 10.8. The third-order valence-corrected chi connectivity index (χ3v) is 6.08. The van der Waals surface area contributed by atoms with E-state index in [0.717, 1.165) is 23.3 Å². The summed E-state index contributed by atoms with van der Waals surface area (Å²) in [5.74, 6) is 1.58. The summed E-state index contributed by atoms with van der Waals surface area (Å²) in [4.78, 5) is 27.7. The number of benzene rings is 1. The Hall–Kier alpha value is -2.54. The van der Waals surface area contributed by atoms with E-state index in [1.807, 2.05) is 40.6 Å². The lowest BCUT2D eigenvalue weighted by Gasteiger charge is -2.32. The molecule has 156 valence electrons. The number of methoxy groups -OCH3 is 2. The van der Waals surface area contributed by atoms with Crippen molar-refractivity contribution in [2.75, 3.05) is 27.3 Å². The highest BCUT2D eigenvalue weighted by Crippen LogP contribution is 2.28. The van der Waals surface area contributed by atoms with Gasteiger partial charge in [0.2, 0.25) is 11.8 Å². The molecular formula is C22H28N2O4S. The van der Waals surface area contributed by atoms with Gasteiger partial charge in [-0.05, 0) is 48.4 Å². The molecule has 7 heteroatoms. The number of aryl methyl sites for hydroxylation is 1. The van der Waals surface area contributed by atoms with Crippen molar-refractivity contribution in [2.45, 2.75) is 38.1 Å². The summed E-state index contributed by atoms with van der Waals surface area (Å²) in [6, 6.07) is 9.83. The quantitative estimate of drug-likeness (QED) is 0.718. The first-order valence-electron chi connectivity index (χ1n) is 9.89. The van der Waals surface area contributed by atoms with Crippen LogP contribution in [-0.2, 0) is 22.4 Å². The van der Waals surface area contributed by atoms with Gasteiger partial charge >= 0.3 is 0 Å². The van der Waals surface area contributed by atoms with Crippen LogP contribution in [0.3, 0.4) is 0 Å². The van der Waals surface area contributed by atoms with E-state index in [4.69, 9.17) is 9.47 Å². The number of nitrogens with zero attached hydrogens (tertiary/aromatic N) is 1. The molecule has 1 fully saturated rings. The first kappa shape index (κ1) is 21.2. The molecule has 3 rings (SSSR count). The zero-order valence-corrected chi connectivity index (χ0v) is 17.8. The highest BCUT2D eigenvalue weighted by molar-refractivity contribution is 7.10. The molecule has 6 nitrogen and oxygen atoms in total. The van der Waals surface area contributed by atoms with Crippen molar-refractivity contribution in [2.24, 2.45) is 0 Å². The summed E-state index contributed by atoms with van der Waals surface area (Å²) in [5.41, 5.74) is 1.05. The average Bonchev–Trinajstić information content (AvgIpc) is 3.25. The number of likely N-dealkylation sites (tertiary alicyclic amines) is 1. The lowest BCUT2D eigenvalue weighted by Crippen LogP contribution is -2.46. The number of thiophene rings is 1. The summed E-state index contributed by atoms with van der Waals surface area (Å²) in [6.07, 6.45) is 3.17. The van der Waals surface area contributed by atoms with Gasteiger partial charge in [-0.15, -0.1) is 11.3 Å². The van der Waals surface area contributed by atoms with E-state index < -0.39 is 0 Å². The number of carbonyl (C=O) groups excluding carboxylic acids is 2. The molecule has 1 aromatic heterocycles. The van der Waals surface area contributed by atoms with Crippen LogP contribution in [-0.4, -0.2) is 50.1 Å². The van der Waals surface area contributed by atoms with Gasteiger partial charge in [0, 0.05) is 30.4 Å². The minimum absolute atomic E-state index is 0.0608. The first-order chi connectivity index (χ1) is 14.1. The maximum atomic E-state index is 12.6. The smallest absolute Gasteiger partial charge is 0.225 e. The topological polar surface area (TPSA) is 67.9 Å². The zero-order valence-electron chi connectivity index (χ0n) is 17.0. The van der Waals surface area contributed by atoms with E-state index in [1.165, 1.54) is 0 Å². The fourth-order valence-corrected chi connectivity index (χ4v) is 4.27. The molecule has 2 heterocycles. The predicted molar refractivity (Wildman–Crippen MR) is 114 cm³/mol. The van der Waals surface area contributed by atoms with Crippen LogP contribution in [0.5, 0.6) is 11.5 Å². The van der Waals surface area contributed by atoms with Crippen LogP contribution in [0.1, 0.15) is 29.7 Å². The minimum atomic E-state index is 0.0608. The fourth-order valence-electron chi connectivity index (χ4n) is 3.57. The summed E-state index contributed by atoms with van der Waals surface area (Å²) in [5, 5.41) is 5.08. The van der Waals surface area contributed by atoms with Crippen LogP contribution < -0.4 is 14.8 Å². The molecular weight excluding hydrogens is 388 g/mol. The van der Waals surface area contributed by atoms with Gasteiger partial charge in [-0.2, -0.15) is 0 Å². The number of nitrogens with one attached hydrogen (secondary N) is 1. The van der Waals surface area contributed by atoms with Crippen LogP contribution in [0, 0.1) is 0 Å². The van der Waals surface area contributed by atoms with Crippen molar-refractivity contribution in [1.82, 2.24) is 10.2 Å². The standard InChI is InChI=1S/C22H28N2O4S/c1-27-19-7-5-16(14-20(19)28-2)6-8-22(26)24-11-9-17(10-12-24)23-21(25)15-18-4-3-13-29-18/h3-5,7,13-14,17H,6,8-12,15H2,1-2H3,(H,23,25). The molecule has 2 amide bonds. The monoisotopic (exact) mass is 416 g/mol. The van der Waals surface area contributed by atoms with Crippen LogP contribution >= 0.6 is 11.3 Å². The number of carbonyl (C=O) groups is 2. The van der Waals surface area contributed by atoms with Gasteiger partial charge in [0.05, 0.1) is 20.6 Å². The number of hydrogen-bond acceptors (Lipinski definition) is 5. The van der Waals surface area contributed by atoms with E-state index >= 15 is 0 Å². The zero-order chi connectivity index (χ0) is 20.6. The fraction of sp³-hybridized carbons (Fsp3) is 0.455. The molecule has 0 atom stereocenters. The number of piperidine rings is 1. The summed E-state index contributed by atoms with van der Waals surface area (Å²) < 4.78 is 10.6. The highest BCUT2D eigenvalue weighted by Gasteiger charge is 2.23. The van der Waals surface area contributed by atoms with Crippen molar-refractivity contribution >= 4 is 23.2 Å². The van der Waals surface area contributed by atoms with E-state index in [2.05, 4.69) is 5.32 Å². The Balaban J connectivity index is 1.41. The number of hydrogen-bond donors (Lipinski definition) is 1. The third-order valence-electron chi connectivity index (χ3n) is 5.20. The van der Waals surface area contributed by atoms with Gasteiger partial charge < -0.3 is 19.7 Å². The van der Waals surface area contributed by atoms with Crippen molar-refractivity contribution in [3.8, 4) is 11.5 Å². The van der Waals surface area contributed by atoms with Gasteiger partial charge in [0.15, 0.2) is 11.5 Å².